The van der Waals surface area contributed by atoms with E-state index < -0.39 is 0 Å². The summed E-state index contributed by atoms with van der Waals surface area (Å²) in [5.41, 5.74) is 3.89. The Hall–Kier alpha value is -1.55. The highest BCUT2D eigenvalue weighted by Crippen LogP contribution is 2.16. The number of carbonyl (C=O) groups excluding carboxylic acids is 1. The van der Waals surface area contributed by atoms with Crippen molar-refractivity contribution >= 4 is 11.6 Å². The van der Waals surface area contributed by atoms with Crippen molar-refractivity contribution in [1.82, 2.24) is 5.43 Å². The summed E-state index contributed by atoms with van der Waals surface area (Å²) in [6.07, 6.45) is 2.54. The molecule has 0 bridgehead atoms. The van der Waals surface area contributed by atoms with E-state index in [0.29, 0.717) is 6.61 Å². The van der Waals surface area contributed by atoms with Gasteiger partial charge in [-0.15, -0.1) is 0 Å². The molecule has 1 aromatic carbocycles. The largest absolute Gasteiger partial charge is 0.368 e. The van der Waals surface area contributed by atoms with Crippen molar-refractivity contribution in [1.29, 1.82) is 0 Å². The van der Waals surface area contributed by atoms with Gasteiger partial charge >= 0.3 is 0 Å². The molecule has 0 aromatic heterocycles. The lowest BCUT2D eigenvalue weighted by Crippen LogP contribution is -2.54. The van der Waals surface area contributed by atoms with E-state index >= 15 is 0 Å². The number of carbonyl (C=O) groups is 1. The summed E-state index contributed by atoms with van der Waals surface area (Å²) in [4.78, 5) is 11.9. The molecule has 98 valence electrons. The van der Waals surface area contributed by atoms with Gasteiger partial charge in [-0.1, -0.05) is 31.5 Å². The summed E-state index contributed by atoms with van der Waals surface area (Å²) in [5, 5.41) is 1.88. The number of hydrazine groups is 1. The fourth-order valence-electron chi connectivity index (χ4n) is 1.97. The van der Waals surface area contributed by atoms with Gasteiger partial charge in [-0.3, -0.25) is 15.2 Å². The topological polar surface area (TPSA) is 41.6 Å². The van der Waals surface area contributed by atoms with Gasteiger partial charge in [0, 0.05) is 19.6 Å². The number of nitrogens with one attached hydrogen (secondary N) is 1. The van der Waals surface area contributed by atoms with Gasteiger partial charge in [0.2, 0.25) is 0 Å². The average Bonchev–Trinajstić information content (AvgIpc) is 2.42. The maximum Gasteiger partial charge on any atom is 0.267 e. The lowest BCUT2D eigenvalue weighted by molar-refractivity contribution is -0.135. The molecule has 0 aliphatic carbocycles. The Balaban J connectivity index is 1.86. The zero-order chi connectivity index (χ0) is 12.8. The quantitative estimate of drug-likeness (QED) is 0.811. The number of para-hydroxylation sites is 1. The molecule has 0 radical (unpaired) electrons. The Labute approximate surface area is 108 Å². The van der Waals surface area contributed by atoms with E-state index in [4.69, 9.17) is 4.74 Å². The van der Waals surface area contributed by atoms with Crippen molar-refractivity contribution in [2.24, 2.45) is 0 Å². The fraction of sp³-hybridized carbons (Fsp3) is 0.500. The van der Waals surface area contributed by atoms with Gasteiger partial charge in [0.05, 0.1) is 5.69 Å². The molecule has 4 heteroatoms. The number of ether oxygens (including phenoxy) is 1. The van der Waals surface area contributed by atoms with E-state index in [2.05, 4.69) is 12.3 Å². The second-order valence-electron chi connectivity index (χ2n) is 4.46. The Morgan fingerprint density at radius 1 is 1.39 bits per heavy atom. The van der Waals surface area contributed by atoms with Gasteiger partial charge in [-0.2, -0.15) is 0 Å². The molecule has 1 fully saturated rings. The van der Waals surface area contributed by atoms with E-state index in [1.165, 1.54) is 0 Å². The van der Waals surface area contributed by atoms with Crippen molar-refractivity contribution in [3.05, 3.63) is 30.3 Å². The number of hydrogen-bond donors (Lipinski definition) is 1. The molecule has 1 aliphatic rings. The van der Waals surface area contributed by atoms with Crippen LogP contribution < -0.4 is 10.4 Å². The van der Waals surface area contributed by atoms with Crippen LogP contribution in [0.15, 0.2) is 30.3 Å². The normalized spacial score (nSPS) is 19.7. The predicted octanol–water partition coefficient (Wildman–Crippen LogP) is 2.11. The van der Waals surface area contributed by atoms with Gasteiger partial charge in [-0.05, 0) is 18.6 Å². The first-order valence-electron chi connectivity index (χ1n) is 6.56. The van der Waals surface area contributed by atoms with E-state index in [1.54, 1.807) is 0 Å². The van der Waals surface area contributed by atoms with Crippen molar-refractivity contribution in [3.8, 4) is 0 Å². The predicted molar refractivity (Wildman–Crippen MR) is 71.2 cm³/mol. The highest BCUT2D eigenvalue weighted by Gasteiger charge is 2.27. The minimum absolute atomic E-state index is 0.0405. The molecule has 1 saturated heterocycles. The van der Waals surface area contributed by atoms with Crippen LogP contribution in [-0.2, 0) is 9.53 Å². The van der Waals surface area contributed by atoms with Crippen LogP contribution in [0.25, 0.3) is 0 Å². The van der Waals surface area contributed by atoms with E-state index in [-0.39, 0.29) is 12.0 Å². The molecular weight excluding hydrogens is 228 g/mol. The minimum Gasteiger partial charge on any atom is -0.368 e. The Morgan fingerprint density at radius 3 is 2.83 bits per heavy atom. The highest BCUT2D eigenvalue weighted by molar-refractivity contribution is 5.83. The van der Waals surface area contributed by atoms with Crippen LogP contribution >= 0.6 is 0 Å². The Morgan fingerprint density at radius 2 is 2.17 bits per heavy atom. The zero-order valence-corrected chi connectivity index (χ0v) is 10.8. The van der Waals surface area contributed by atoms with Gasteiger partial charge < -0.3 is 4.74 Å². The van der Waals surface area contributed by atoms with Crippen LogP contribution in [0.4, 0.5) is 5.69 Å². The van der Waals surface area contributed by atoms with Crippen molar-refractivity contribution < 1.29 is 9.53 Å². The van der Waals surface area contributed by atoms with E-state index in [9.17, 15) is 4.79 Å². The first-order chi connectivity index (χ1) is 8.81. The van der Waals surface area contributed by atoms with Gasteiger partial charge in [0.25, 0.3) is 5.91 Å². The van der Waals surface area contributed by atoms with Crippen molar-refractivity contribution in [2.45, 2.75) is 32.3 Å². The molecule has 1 unspecified atom stereocenters. The van der Waals surface area contributed by atoms with Crippen LogP contribution in [0.5, 0.6) is 0 Å². The summed E-state index contributed by atoms with van der Waals surface area (Å²) in [6.45, 7) is 3.56. The summed E-state index contributed by atoms with van der Waals surface area (Å²) >= 11 is 0. The molecule has 1 N–H and O–H groups in total. The molecule has 1 heterocycles. The van der Waals surface area contributed by atoms with Crippen LogP contribution in [0.2, 0.25) is 0 Å². The maximum absolute atomic E-state index is 11.9. The van der Waals surface area contributed by atoms with E-state index in [0.717, 1.165) is 31.5 Å². The third kappa shape index (κ3) is 3.23. The van der Waals surface area contributed by atoms with E-state index in [1.807, 2.05) is 35.3 Å². The number of unbranched alkanes of at least 4 members (excludes halogenated alkanes) is 1. The fourth-order valence-corrected chi connectivity index (χ4v) is 1.97. The number of amides is 1. The lowest BCUT2D eigenvalue weighted by atomic mass is 10.2. The Bertz CT molecular complexity index is 381. The molecule has 1 aromatic rings. The van der Waals surface area contributed by atoms with Crippen LogP contribution in [0, 0.1) is 0 Å². The van der Waals surface area contributed by atoms with Gasteiger partial charge in [0.15, 0.2) is 0 Å². The summed E-state index contributed by atoms with van der Waals surface area (Å²) < 4.78 is 5.58. The number of anilines is 1. The molecule has 0 spiro atoms. The lowest BCUT2D eigenvalue weighted by Gasteiger charge is -2.33. The monoisotopic (exact) mass is 248 g/mol. The van der Waals surface area contributed by atoms with Crippen LogP contribution in [-0.4, -0.2) is 25.2 Å². The first kappa shape index (κ1) is 12.9. The van der Waals surface area contributed by atoms with Gasteiger partial charge in [-0.25, -0.2) is 0 Å². The number of benzene rings is 1. The second kappa shape index (κ2) is 6.40. The standard InChI is InChI=1S/C14H20N2O2/c1-2-3-11-18-13-9-10-16(15-14(13)17)12-7-5-4-6-8-12/h4-8,13H,2-3,9-11H2,1H3,(H,15,17). The molecular formula is C14H20N2O2. The van der Waals surface area contributed by atoms with Crippen LogP contribution in [0.3, 0.4) is 0 Å². The summed E-state index contributed by atoms with van der Waals surface area (Å²) in [5.74, 6) is -0.0405. The maximum atomic E-state index is 11.9. The number of hydrogen-bond acceptors (Lipinski definition) is 3. The molecule has 4 nitrogen and oxygen atoms in total. The molecule has 2 rings (SSSR count). The minimum atomic E-state index is -0.295. The average molecular weight is 248 g/mol. The zero-order valence-electron chi connectivity index (χ0n) is 10.8. The molecule has 0 saturated carbocycles. The molecule has 1 amide bonds. The van der Waals surface area contributed by atoms with Gasteiger partial charge in [0.1, 0.15) is 6.10 Å². The number of rotatable bonds is 5. The molecule has 18 heavy (non-hydrogen) atoms. The SMILES string of the molecule is CCCCOC1CCN(c2ccccc2)NC1=O. The number of nitrogens with zero attached hydrogens (tertiary/aromatic N) is 1. The third-order valence-corrected chi connectivity index (χ3v) is 3.04. The van der Waals surface area contributed by atoms with Crippen molar-refractivity contribution in [2.75, 3.05) is 18.2 Å². The molecule has 1 atom stereocenters. The van der Waals surface area contributed by atoms with Crippen LogP contribution in [0.1, 0.15) is 26.2 Å². The molecule has 1 aliphatic heterocycles. The Kier molecular flexibility index (Phi) is 4.59. The summed E-state index contributed by atoms with van der Waals surface area (Å²) in [7, 11) is 0. The first-order valence-corrected chi connectivity index (χ1v) is 6.56. The second-order valence-corrected chi connectivity index (χ2v) is 4.46. The smallest absolute Gasteiger partial charge is 0.267 e. The highest BCUT2D eigenvalue weighted by atomic mass is 16.5. The van der Waals surface area contributed by atoms with Crippen molar-refractivity contribution in [3.63, 3.8) is 0 Å². The summed E-state index contributed by atoms with van der Waals surface area (Å²) in [6, 6.07) is 9.86. The third-order valence-electron chi connectivity index (χ3n) is 3.04.